The molecule has 186 valence electrons. The first-order valence-corrected chi connectivity index (χ1v) is 12.6. The molecule has 0 aliphatic heterocycles. The molecule has 0 aliphatic rings. The van der Waals surface area contributed by atoms with Crippen molar-refractivity contribution in [1.29, 1.82) is 0 Å². The highest BCUT2D eigenvalue weighted by molar-refractivity contribution is 6.15. The lowest BCUT2D eigenvalue weighted by Crippen LogP contribution is -2.20. The molecule has 0 radical (unpaired) electrons. The quantitative estimate of drug-likeness (QED) is 0.373. The van der Waals surface area contributed by atoms with Crippen molar-refractivity contribution in [2.75, 3.05) is 0 Å². The Bertz CT molecular complexity index is 1050. The van der Waals surface area contributed by atoms with Crippen molar-refractivity contribution in [2.24, 2.45) is 0 Å². The number of aromatic hydroxyl groups is 1. The summed E-state index contributed by atoms with van der Waals surface area (Å²) in [6.45, 7) is 21.2. The maximum atomic E-state index is 12.0. The van der Waals surface area contributed by atoms with E-state index in [2.05, 4.69) is 80.2 Å². The van der Waals surface area contributed by atoms with Gasteiger partial charge in [0.25, 0.3) is 0 Å². The first-order valence-electron chi connectivity index (χ1n) is 12.6. The number of benzene rings is 2. The van der Waals surface area contributed by atoms with E-state index in [0.29, 0.717) is 18.6 Å². The molecule has 0 atom stereocenters. The molecule has 0 spiro atoms. The second-order valence-corrected chi connectivity index (χ2v) is 11.6. The van der Waals surface area contributed by atoms with Crippen molar-refractivity contribution in [3.63, 3.8) is 0 Å². The number of aliphatic carboxylic acids is 1. The lowest BCUT2D eigenvalue weighted by atomic mass is 9.76. The van der Waals surface area contributed by atoms with Gasteiger partial charge in [0.1, 0.15) is 5.75 Å². The molecule has 2 N–H and O–H groups in total. The van der Waals surface area contributed by atoms with Crippen molar-refractivity contribution in [1.82, 2.24) is 0 Å². The molecule has 0 saturated heterocycles. The molecule has 2 rings (SSSR count). The van der Waals surface area contributed by atoms with Gasteiger partial charge in [-0.3, -0.25) is 0 Å². The number of carboxylic acids is 1. The molecule has 0 aromatic heterocycles. The van der Waals surface area contributed by atoms with Crippen molar-refractivity contribution in [2.45, 2.75) is 105 Å². The first kappa shape index (κ1) is 27.7. The summed E-state index contributed by atoms with van der Waals surface area (Å²) in [6.07, 6.45) is 5.28. The zero-order chi connectivity index (χ0) is 25.8. The fraction of sp³-hybridized carbons (Fsp3) is 0.516. The Morgan fingerprint density at radius 1 is 0.853 bits per heavy atom. The Morgan fingerprint density at radius 2 is 1.47 bits per heavy atom. The SMILES string of the molecule is C=C(C(=O)O)c1c(CCc2c(O)ccc(CCC)c2C(C)(C)C)cc(CCC)cc1C(C)(C)C. The molecule has 0 amide bonds. The average Bonchev–Trinajstić information content (AvgIpc) is 2.71. The van der Waals surface area contributed by atoms with E-state index in [4.69, 9.17) is 0 Å². The van der Waals surface area contributed by atoms with Gasteiger partial charge in [0.2, 0.25) is 0 Å². The van der Waals surface area contributed by atoms with Gasteiger partial charge in [-0.1, -0.05) is 93.0 Å². The summed E-state index contributed by atoms with van der Waals surface area (Å²) in [4.78, 5) is 12.0. The number of aryl methyl sites for hydroxylation is 3. The van der Waals surface area contributed by atoms with E-state index in [1.54, 1.807) is 0 Å². The Balaban J connectivity index is 2.70. The zero-order valence-electron chi connectivity index (χ0n) is 22.6. The molecule has 0 unspecified atom stereocenters. The monoisotopic (exact) mass is 464 g/mol. The number of hydrogen-bond donors (Lipinski definition) is 2. The van der Waals surface area contributed by atoms with E-state index in [9.17, 15) is 15.0 Å². The van der Waals surface area contributed by atoms with Gasteiger partial charge in [-0.05, 0) is 81.5 Å². The topological polar surface area (TPSA) is 57.5 Å². The largest absolute Gasteiger partial charge is 0.508 e. The molecule has 0 bridgehead atoms. The van der Waals surface area contributed by atoms with E-state index >= 15 is 0 Å². The second-order valence-electron chi connectivity index (χ2n) is 11.6. The standard InChI is InChI=1S/C31H44O3/c1-10-12-21-18-23(27(20(3)29(33)34)25(19-21)30(4,5)6)14-16-24-26(32)17-15-22(13-11-2)28(24)31(7,8)9/h15,17-19,32H,3,10-14,16H2,1-2,4-9H3,(H,33,34). The summed E-state index contributed by atoms with van der Waals surface area (Å²) in [6, 6.07) is 8.20. The van der Waals surface area contributed by atoms with Gasteiger partial charge in [0.15, 0.2) is 0 Å². The van der Waals surface area contributed by atoms with E-state index in [-0.39, 0.29) is 16.4 Å². The lowest BCUT2D eigenvalue weighted by Gasteiger charge is -2.29. The third-order valence-corrected chi connectivity index (χ3v) is 6.47. The highest BCUT2D eigenvalue weighted by atomic mass is 16.4. The molecule has 3 heteroatoms. The van der Waals surface area contributed by atoms with Crippen molar-refractivity contribution >= 4 is 11.5 Å². The number of phenolic OH excluding ortho intramolecular Hbond substituents is 1. The summed E-state index contributed by atoms with van der Waals surface area (Å²) >= 11 is 0. The number of rotatable bonds is 9. The molecule has 0 aliphatic carbocycles. The van der Waals surface area contributed by atoms with E-state index in [1.807, 2.05) is 6.07 Å². The van der Waals surface area contributed by atoms with Crippen LogP contribution in [0.4, 0.5) is 0 Å². The van der Waals surface area contributed by atoms with Crippen LogP contribution in [-0.4, -0.2) is 16.2 Å². The lowest BCUT2D eigenvalue weighted by molar-refractivity contribution is -0.130. The third-order valence-electron chi connectivity index (χ3n) is 6.47. The third kappa shape index (κ3) is 6.31. The van der Waals surface area contributed by atoms with Crippen molar-refractivity contribution < 1.29 is 15.0 Å². The Labute approximate surface area is 206 Å². The molecule has 2 aromatic rings. The maximum absolute atomic E-state index is 12.0. The van der Waals surface area contributed by atoms with E-state index < -0.39 is 5.97 Å². The van der Waals surface area contributed by atoms with Gasteiger partial charge in [-0.25, -0.2) is 4.79 Å². The summed E-state index contributed by atoms with van der Waals surface area (Å²) in [5.74, 6) is -0.665. The van der Waals surface area contributed by atoms with E-state index in [1.165, 1.54) is 16.7 Å². The van der Waals surface area contributed by atoms with E-state index in [0.717, 1.165) is 47.9 Å². The van der Waals surface area contributed by atoms with Crippen LogP contribution in [-0.2, 0) is 41.3 Å². The minimum Gasteiger partial charge on any atom is -0.508 e. The summed E-state index contributed by atoms with van der Waals surface area (Å²) < 4.78 is 0. The predicted octanol–water partition coefficient (Wildman–Crippen LogP) is 7.78. The van der Waals surface area contributed by atoms with Crippen LogP contribution in [0.5, 0.6) is 5.75 Å². The van der Waals surface area contributed by atoms with Crippen LogP contribution in [0.15, 0.2) is 30.8 Å². The van der Waals surface area contributed by atoms with Gasteiger partial charge in [0, 0.05) is 0 Å². The van der Waals surface area contributed by atoms with Gasteiger partial charge < -0.3 is 10.2 Å². The Morgan fingerprint density at radius 3 is 1.97 bits per heavy atom. The molecule has 34 heavy (non-hydrogen) atoms. The highest BCUT2D eigenvalue weighted by Gasteiger charge is 2.27. The van der Waals surface area contributed by atoms with Gasteiger partial charge in [-0.15, -0.1) is 0 Å². The summed E-state index contributed by atoms with van der Waals surface area (Å²) in [7, 11) is 0. The van der Waals surface area contributed by atoms with Crippen molar-refractivity contribution in [3.05, 3.63) is 69.8 Å². The molecule has 0 fully saturated rings. The highest BCUT2D eigenvalue weighted by Crippen LogP contribution is 2.38. The van der Waals surface area contributed by atoms with Gasteiger partial charge in [0.05, 0.1) is 5.57 Å². The minimum absolute atomic E-state index is 0.104. The van der Waals surface area contributed by atoms with Crippen LogP contribution in [0.25, 0.3) is 5.57 Å². The number of carbonyl (C=O) groups is 1. The average molecular weight is 465 g/mol. The number of hydrogen-bond acceptors (Lipinski definition) is 2. The first-order chi connectivity index (χ1) is 15.7. The molecule has 3 nitrogen and oxygen atoms in total. The van der Waals surface area contributed by atoms with Crippen LogP contribution < -0.4 is 0 Å². The van der Waals surface area contributed by atoms with Gasteiger partial charge in [-0.2, -0.15) is 0 Å². The van der Waals surface area contributed by atoms with Crippen LogP contribution in [0.3, 0.4) is 0 Å². The predicted molar refractivity (Wildman–Crippen MR) is 144 cm³/mol. The molecule has 0 heterocycles. The number of carboxylic acid groups (broad SMARTS) is 1. The molecular formula is C31H44O3. The maximum Gasteiger partial charge on any atom is 0.335 e. The minimum atomic E-state index is -0.988. The van der Waals surface area contributed by atoms with Crippen LogP contribution in [0.1, 0.15) is 107 Å². The van der Waals surface area contributed by atoms with Crippen LogP contribution >= 0.6 is 0 Å². The molecule has 0 saturated carbocycles. The smallest absolute Gasteiger partial charge is 0.335 e. The molecular weight excluding hydrogens is 420 g/mol. The summed E-state index contributed by atoms with van der Waals surface area (Å²) in [5.41, 5.74) is 7.31. The fourth-order valence-electron chi connectivity index (χ4n) is 5.06. The molecule has 2 aromatic carbocycles. The zero-order valence-corrected chi connectivity index (χ0v) is 22.6. The number of phenols is 1. The fourth-order valence-corrected chi connectivity index (χ4v) is 5.06. The Hall–Kier alpha value is -2.55. The van der Waals surface area contributed by atoms with Crippen molar-refractivity contribution in [3.8, 4) is 5.75 Å². The Kier molecular flexibility index (Phi) is 8.80. The van der Waals surface area contributed by atoms with Crippen LogP contribution in [0, 0.1) is 0 Å². The second kappa shape index (κ2) is 10.8. The summed E-state index contributed by atoms with van der Waals surface area (Å²) in [5, 5.41) is 20.8. The normalized spacial score (nSPS) is 12.1. The van der Waals surface area contributed by atoms with Gasteiger partial charge >= 0.3 is 5.97 Å². The van der Waals surface area contributed by atoms with Crippen LogP contribution in [0.2, 0.25) is 0 Å².